The molecule has 23 heavy (non-hydrogen) atoms. The van der Waals surface area contributed by atoms with Crippen molar-refractivity contribution in [3.05, 3.63) is 18.1 Å². The van der Waals surface area contributed by atoms with E-state index in [0.29, 0.717) is 0 Å². The monoisotopic (exact) mass is 317 g/mol. The van der Waals surface area contributed by atoms with Crippen LogP contribution in [0.2, 0.25) is 0 Å². The molecule has 126 valence electrons. The number of anilines is 1. The Kier molecular flexibility index (Phi) is 5.43. The second-order valence-corrected chi connectivity index (χ2v) is 6.18. The van der Waals surface area contributed by atoms with E-state index in [0.717, 1.165) is 75.6 Å². The summed E-state index contributed by atoms with van der Waals surface area (Å²) in [5, 5.41) is 3.40. The lowest BCUT2D eigenvalue weighted by Crippen LogP contribution is -2.44. The van der Waals surface area contributed by atoms with Crippen molar-refractivity contribution < 1.29 is 0 Å². The molecule has 0 bridgehead atoms. The number of nitrogens with two attached hydrogens (primary N) is 1. The number of imidazole rings is 1. The summed E-state index contributed by atoms with van der Waals surface area (Å²) in [5.41, 5.74) is 8.58. The molecule has 0 radical (unpaired) electrons. The molecule has 4 N–H and O–H groups in total. The van der Waals surface area contributed by atoms with Crippen molar-refractivity contribution in [3.8, 4) is 0 Å². The van der Waals surface area contributed by atoms with Gasteiger partial charge in [-0.25, -0.2) is 9.97 Å². The van der Waals surface area contributed by atoms with Gasteiger partial charge in [-0.1, -0.05) is 0 Å². The number of rotatable bonds is 7. The minimum atomic E-state index is 0.739. The standard InChI is InChI=1S/C16H27N7/c1-22-8-10-23(11-9-22)13-4-7-19-16-15(13)20-14(21-16)12-18-6-3-2-5-17/h4,7,18H,2-3,5-6,8-12,17H2,1H3,(H,19,20,21). The first kappa shape index (κ1) is 16.2. The van der Waals surface area contributed by atoms with Gasteiger partial charge in [-0.2, -0.15) is 0 Å². The summed E-state index contributed by atoms with van der Waals surface area (Å²) in [6.07, 6.45) is 4.01. The molecule has 0 unspecified atom stereocenters. The molecule has 3 rings (SSSR count). The maximum absolute atomic E-state index is 5.51. The number of piperazine rings is 1. The van der Waals surface area contributed by atoms with E-state index in [1.165, 1.54) is 5.69 Å². The molecule has 1 saturated heterocycles. The van der Waals surface area contributed by atoms with Crippen LogP contribution < -0.4 is 16.0 Å². The fraction of sp³-hybridized carbons (Fsp3) is 0.625. The number of hydrogen-bond donors (Lipinski definition) is 3. The van der Waals surface area contributed by atoms with E-state index in [9.17, 15) is 0 Å². The lowest BCUT2D eigenvalue weighted by molar-refractivity contribution is 0.313. The highest BCUT2D eigenvalue weighted by molar-refractivity contribution is 5.86. The van der Waals surface area contributed by atoms with E-state index in [-0.39, 0.29) is 0 Å². The van der Waals surface area contributed by atoms with Crippen molar-refractivity contribution in [3.63, 3.8) is 0 Å². The van der Waals surface area contributed by atoms with Crippen LogP contribution in [0.25, 0.3) is 11.2 Å². The first-order valence-corrected chi connectivity index (χ1v) is 8.46. The summed E-state index contributed by atoms with van der Waals surface area (Å²) in [4.78, 5) is 17.2. The average molecular weight is 317 g/mol. The zero-order chi connectivity index (χ0) is 16.1. The van der Waals surface area contributed by atoms with E-state index in [2.05, 4.69) is 43.2 Å². The molecular formula is C16H27N7. The second-order valence-electron chi connectivity index (χ2n) is 6.18. The second kappa shape index (κ2) is 7.72. The Bertz CT molecular complexity index is 616. The Morgan fingerprint density at radius 1 is 1.26 bits per heavy atom. The van der Waals surface area contributed by atoms with Crippen molar-refractivity contribution in [2.45, 2.75) is 19.4 Å². The van der Waals surface area contributed by atoms with Crippen LogP contribution in [0.5, 0.6) is 0 Å². The highest BCUT2D eigenvalue weighted by atomic mass is 15.3. The van der Waals surface area contributed by atoms with Gasteiger partial charge in [0, 0.05) is 32.4 Å². The van der Waals surface area contributed by atoms with Gasteiger partial charge in [-0.3, -0.25) is 0 Å². The molecular weight excluding hydrogens is 290 g/mol. The summed E-state index contributed by atoms with van der Waals surface area (Å²) < 4.78 is 0. The third-order valence-corrected chi connectivity index (χ3v) is 4.36. The van der Waals surface area contributed by atoms with Crippen LogP contribution >= 0.6 is 0 Å². The molecule has 0 spiro atoms. The van der Waals surface area contributed by atoms with Crippen LogP contribution in [0, 0.1) is 0 Å². The quantitative estimate of drug-likeness (QED) is 0.646. The van der Waals surface area contributed by atoms with E-state index in [1.54, 1.807) is 0 Å². The van der Waals surface area contributed by atoms with E-state index < -0.39 is 0 Å². The first-order chi connectivity index (χ1) is 11.3. The Hall–Kier alpha value is -1.70. The summed E-state index contributed by atoms with van der Waals surface area (Å²) in [6.45, 7) is 6.73. The summed E-state index contributed by atoms with van der Waals surface area (Å²) in [6, 6.07) is 2.09. The summed E-state index contributed by atoms with van der Waals surface area (Å²) >= 11 is 0. The van der Waals surface area contributed by atoms with Gasteiger partial charge in [0.2, 0.25) is 0 Å². The third-order valence-electron chi connectivity index (χ3n) is 4.36. The molecule has 3 heterocycles. The first-order valence-electron chi connectivity index (χ1n) is 8.46. The molecule has 0 saturated carbocycles. The predicted molar refractivity (Wildman–Crippen MR) is 93.6 cm³/mol. The minimum Gasteiger partial charge on any atom is -0.367 e. The molecule has 1 aliphatic rings. The maximum atomic E-state index is 5.51. The van der Waals surface area contributed by atoms with Gasteiger partial charge < -0.3 is 25.8 Å². The van der Waals surface area contributed by atoms with Gasteiger partial charge in [-0.15, -0.1) is 0 Å². The molecule has 0 atom stereocenters. The number of fused-ring (bicyclic) bond motifs is 1. The number of H-pyrrole nitrogens is 1. The van der Waals surface area contributed by atoms with Crippen molar-refractivity contribution in [2.75, 3.05) is 51.2 Å². The Labute approximate surface area is 137 Å². The van der Waals surface area contributed by atoms with E-state index >= 15 is 0 Å². The number of nitrogens with one attached hydrogen (secondary N) is 2. The number of aromatic nitrogens is 3. The summed E-state index contributed by atoms with van der Waals surface area (Å²) in [7, 11) is 2.17. The molecule has 2 aromatic heterocycles. The van der Waals surface area contributed by atoms with Crippen LogP contribution in [0.3, 0.4) is 0 Å². The lowest BCUT2D eigenvalue weighted by Gasteiger charge is -2.34. The number of aromatic amines is 1. The van der Waals surface area contributed by atoms with Gasteiger partial charge in [0.1, 0.15) is 11.3 Å². The van der Waals surface area contributed by atoms with Crippen LogP contribution in [0.4, 0.5) is 5.69 Å². The Morgan fingerprint density at radius 2 is 2.09 bits per heavy atom. The van der Waals surface area contributed by atoms with Crippen LogP contribution in [-0.4, -0.2) is 66.2 Å². The molecule has 7 nitrogen and oxygen atoms in total. The van der Waals surface area contributed by atoms with Crippen LogP contribution in [0.1, 0.15) is 18.7 Å². The van der Waals surface area contributed by atoms with Gasteiger partial charge in [0.15, 0.2) is 5.65 Å². The summed E-state index contributed by atoms with van der Waals surface area (Å²) in [5.74, 6) is 0.946. The SMILES string of the molecule is CN1CCN(c2ccnc3nc(CNCCCCN)[nH]c23)CC1. The van der Waals surface area contributed by atoms with Crippen molar-refractivity contribution in [2.24, 2.45) is 5.73 Å². The van der Waals surface area contributed by atoms with Gasteiger partial charge in [-0.05, 0) is 39.0 Å². The average Bonchev–Trinajstić information content (AvgIpc) is 2.98. The molecule has 0 aliphatic carbocycles. The lowest BCUT2D eigenvalue weighted by atomic mass is 10.2. The number of unbranched alkanes of at least 4 members (excludes halogenated alkanes) is 1. The normalized spacial score (nSPS) is 16.3. The zero-order valence-electron chi connectivity index (χ0n) is 13.9. The smallest absolute Gasteiger partial charge is 0.179 e. The van der Waals surface area contributed by atoms with Crippen LogP contribution in [-0.2, 0) is 6.54 Å². The van der Waals surface area contributed by atoms with Gasteiger partial charge in [0.25, 0.3) is 0 Å². The minimum absolute atomic E-state index is 0.739. The fourth-order valence-electron chi connectivity index (χ4n) is 2.94. The number of nitrogens with zero attached hydrogens (tertiary/aromatic N) is 4. The van der Waals surface area contributed by atoms with Crippen molar-refractivity contribution in [1.82, 2.24) is 25.2 Å². The van der Waals surface area contributed by atoms with Gasteiger partial charge in [0.05, 0.1) is 12.2 Å². The Morgan fingerprint density at radius 3 is 2.87 bits per heavy atom. The fourth-order valence-corrected chi connectivity index (χ4v) is 2.94. The van der Waals surface area contributed by atoms with Crippen molar-refractivity contribution in [1.29, 1.82) is 0 Å². The predicted octanol–water partition coefficient (Wildman–Crippen LogP) is 0.538. The molecule has 0 aromatic carbocycles. The largest absolute Gasteiger partial charge is 0.367 e. The zero-order valence-corrected chi connectivity index (χ0v) is 13.9. The highest BCUT2D eigenvalue weighted by Crippen LogP contribution is 2.24. The molecule has 1 fully saturated rings. The Balaban J connectivity index is 1.68. The maximum Gasteiger partial charge on any atom is 0.179 e. The molecule has 0 amide bonds. The van der Waals surface area contributed by atoms with Gasteiger partial charge >= 0.3 is 0 Å². The van der Waals surface area contributed by atoms with E-state index in [4.69, 9.17) is 5.73 Å². The highest BCUT2D eigenvalue weighted by Gasteiger charge is 2.18. The number of likely N-dealkylation sites (N-methyl/N-ethyl adjacent to an activating group) is 1. The molecule has 1 aliphatic heterocycles. The van der Waals surface area contributed by atoms with Crippen LogP contribution in [0.15, 0.2) is 12.3 Å². The molecule has 7 heteroatoms. The third kappa shape index (κ3) is 3.99. The number of hydrogen-bond acceptors (Lipinski definition) is 6. The number of pyridine rings is 1. The van der Waals surface area contributed by atoms with Crippen molar-refractivity contribution >= 4 is 16.9 Å². The topological polar surface area (TPSA) is 86.1 Å². The molecule has 2 aromatic rings. The van der Waals surface area contributed by atoms with E-state index in [1.807, 2.05) is 6.20 Å².